The number of hydrogen-bond acceptors (Lipinski definition) is 4. The van der Waals surface area contributed by atoms with Gasteiger partial charge in [-0.05, 0) is 60.2 Å². The summed E-state index contributed by atoms with van der Waals surface area (Å²) in [5.41, 5.74) is 4.52. The highest BCUT2D eigenvalue weighted by Crippen LogP contribution is 2.25. The van der Waals surface area contributed by atoms with Crippen LogP contribution in [-0.2, 0) is 13.2 Å². The van der Waals surface area contributed by atoms with Gasteiger partial charge in [0, 0.05) is 38.3 Å². The molecule has 1 aliphatic rings. The minimum atomic E-state index is 0.0992. The Hall–Kier alpha value is -2.05. The Morgan fingerprint density at radius 3 is 2.53 bits per heavy atom. The van der Waals surface area contributed by atoms with Gasteiger partial charge in [-0.3, -0.25) is 9.69 Å². The van der Waals surface area contributed by atoms with E-state index < -0.39 is 0 Å². The van der Waals surface area contributed by atoms with Crippen molar-refractivity contribution < 1.29 is 9.53 Å². The van der Waals surface area contributed by atoms with Crippen LogP contribution in [0.3, 0.4) is 0 Å². The van der Waals surface area contributed by atoms with E-state index in [9.17, 15) is 4.79 Å². The van der Waals surface area contributed by atoms with Crippen molar-refractivity contribution in [2.45, 2.75) is 27.0 Å². The van der Waals surface area contributed by atoms with E-state index in [1.807, 2.05) is 46.7 Å². The molecule has 0 unspecified atom stereocenters. The standard InChI is InChI=1S/C25H26Cl2N2O2S/c1-17-4-3-5-23(18(17)2)31-15-20-13-24(32-16-20)25(30)29-10-8-28(9-11-29)14-19-6-7-21(26)22(27)12-19/h3-7,12-13,16H,8-11,14-15H2,1-2H3. The third kappa shape index (κ3) is 5.46. The number of ether oxygens (including phenoxy) is 1. The normalized spacial score (nSPS) is 14.6. The van der Waals surface area contributed by atoms with Crippen molar-refractivity contribution in [3.8, 4) is 5.75 Å². The maximum atomic E-state index is 13.0. The lowest BCUT2D eigenvalue weighted by Crippen LogP contribution is -2.48. The Labute approximate surface area is 203 Å². The van der Waals surface area contributed by atoms with E-state index in [2.05, 4.69) is 24.8 Å². The van der Waals surface area contributed by atoms with Crippen molar-refractivity contribution in [2.24, 2.45) is 0 Å². The van der Waals surface area contributed by atoms with Gasteiger partial charge in [-0.2, -0.15) is 0 Å². The number of benzene rings is 2. The minimum absolute atomic E-state index is 0.0992. The largest absolute Gasteiger partial charge is 0.489 e. The molecule has 1 aliphatic heterocycles. The zero-order valence-electron chi connectivity index (χ0n) is 18.2. The lowest BCUT2D eigenvalue weighted by atomic mass is 10.1. The number of nitrogens with zero attached hydrogens (tertiary/aromatic N) is 2. The molecule has 1 fully saturated rings. The number of hydrogen-bond donors (Lipinski definition) is 0. The number of amides is 1. The highest BCUT2D eigenvalue weighted by molar-refractivity contribution is 7.12. The second kappa shape index (κ2) is 10.3. The molecule has 168 valence electrons. The second-order valence-electron chi connectivity index (χ2n) is 8.12. The first-order valence-corrected chi connectivity index (χ1v) is 12.3. The molecule has 0 aliphatic carbocycles. The number of aryl methyl sites for hydroxylation is 1. The summed E-state index contributed by atoms with van der Waals surface area (Å²) in [6.07, 6.45) is 0. The molecule has 32 heavy (non-hydrogen) atoms. The summed E-state index contributed by atoms with van der Waals surface area (Å²) < 4.78 is 5.99. The molecule has 0 spiro atoms. The molecule has 2 aromatic carbocycles. The summed E-state index contributed by atoms with van der Waals surface area (Å²) in [7, 11) is 0. The van der Waals surface area contributed by atoms with Crippen LogP contribution in [0.4, 0.5) is 0 Å². The number of rotatable bonds is 6. The summed E-state index contributed by atoms with van der Waals surface area (Å²) >= 11 is 13.6. The van der Waals surface area contributed by atoms with Crippen LogP contribution in [0, 0.1) is 13.8 Å². The SMILES string of the molecule is Cc1cccc(OCc2csc(C(=O)N3CCN(Cc4ccc(Cl)c(Cl)c4)CC3)c2)c1C. The third-order valence-electron chi connectivity index (χ3n) is 5.86. The van der Waals surface area contributed by atoms with Gasteiger partial charge in [-0.1, -0.05) is 41.4 Å². The van der Waals surface area contributed by atoms with Crippen molar-refractivity contribution in [3.05, 3.63) is 85.0 Å². The van der Waals surface area contributed by atoms with E-state index in [0.717, 1.165) is 47.0 Å². The number of piperazine rings is 1. The molecule has 0 saturated carbocycles. The van der Waals surface area contributed by atoms with Crippen LogP contribution >= 0.6 is 34.5 Å². The molecule has 0 bridgehead atoms. The zero-order valence-corrected chi connectivity index (χ0v) is 20.6. The molecule has 2 heterocycles. The molecule has 3 aromatic rings. The molecule has 0 radical (unpaired) electrons. The van der Waals surface area contributed by atoms with Gasteiger partial charge in [-0.25, -0.2) is 0 Å². The first kappa shape index (κ1) is 23.1. The predicted molar refractivity (Wildman–Crippen MR) is 132 cm³/mol. The fourth-order valence-electron chi connectivity index (χ4n) is 3.77. The van der Waals surface area contributed by atoms with Crippen LogP contribution < -0.4 is 4.74 Å². The first-order valence-electron chi connectivity index (χ1n) is 10.6. The Kier molecular flexibility index (Phi) is 7.41. The monoisotopic (exact) mass is 488 g/mol. The van der Waals surface area contributed by atoms with Crippen molar-refractivity contribution in [3.63, 3.8) is 0 Å². The molecule has 0 atom stereocenters. The predicted octanol–water partition coefficient (Wildman–Crippen LogP) is 6.21. The van der Waals surface area contributed by atoms with E-state index >= 15 is 0 Å². The fraction of sp³-hybridized carbons (Fsp3) is 0.320. The summed E-state index contributed by atoms with van der Waals surface area (Å²) in [6, 6.07) is 13.8. The molecule has 4 rings (SSSR count). The fourth-order valence-corrected chi connectivity index (χ4v) is 4.95. The summed E-state index contributed by atoms with van der Waals surface area (Å²) in [6.45, 7) is 8.50. The van der Waals surface area contributed by atoms with Gasteiger partial charge in [0.2, 0.25) is 0 Å². The van der Waals surface area contributed by atoms with Gasteiger partial charge in [0.05, 0.1) is 14.9 Å². The zero-order chi connectivity index (χ0) is 22.7. The number of carbonyl (C=O) groups excluding carboxylic acids is 1. The highest BCUT2D eigenvalue weighted by Gasteiger charge is 2.23. The molecular weight excluding hydrogens is 463 g/mol. The number of carbonyl (C=O) groups is 1. The Morgan fingerprint density at radius 1 is 1.00 bits per heavy atom. The maximum Gasteiger partial charge on any atom is 0.264 e. The first-order chi connectivity index (χ1) is 15.4. The van der Waals surface area contributed by atoms with Crippen LogP contribution in [-0.4, -0.2) is 41.9 Å². The van der Waals surface area contributed by atoms with Gasteiger partial charge in [0.25, 0.3) is 5.91 Å². The minimum Gasteiger partial charge on any atom is -0.489 e. The van der Waals surface area contributed by atoms with Gasteiger partial charge < -0.3 is 9.64 Å². The summed E-state index contributed by atoms with van der Waals surface area (Å²) in [5.74, 6) is 0.990. The number of thiophene rings is 1. The Balaban J connectivity index is 1.29. The Morgan fingerprint density at radius 2 is 1.78 bits per heavy atom. The van der Waals surface area contributed by atoms with Crippen molar-refractivity contribution in [1.82, 2.24) is 9.80 Å². The lowest BCUT2D eigenvalue weighted by Gasteiger charge is -2.34. The van der Waals surface area contributed by atoms with Crippen molar-refractivity contribution in [1.29, 1.82) is 0 Å². The van der Waals surface area contributed by atoms with Crippen LogP contribution in [0.2, 0.25) is 10.0 Å². The average Bonchev–Trinajstić information content (AvgIpc) is 3.26. The lowest BCUT2D eigenvalue weighted by molar-refractivity contribution is 0.0633. The average molecular weight is 489 g/mol. The van der Waals surface area contributed by atoms with Gasteiger partial charge >= 0.3 is 0 Å². The van der Waals surface area contributed by atoms with Gasteiger partial charge in [-0.15, -0.1) is 11.3 Å². The van der Waals surface area contributed by atoms with Gasteiger partial charge in [0.1, 0.15) is 12.4 Å². The molecular formula is C25H26Cl2N2O2S. The summed E-state index contributed by atoms with van der Waals surface area (Å²) in [4.78, 5) is 18.0. The van der Waals surface area contributed by atoms with Crippen LogP contribution in [0.5, 0.6) is 5.75 Å². The molecule has 1 amide bonds. The summed E-state index contributed by atoms with van der Waals surface area (Å²) in [5, 5.41) is 3.16. The van der Waals surface area contributed by atoms with E-state index in [1.165, 1.54) is 16.9 Å². The highest BCUT2D eigenvalue weighted by atomic mass is 35.5. The number of halogens is 2. The topological polar surface area (TPSA) is 32.8 Å². The van der Waals surface area contributed by atoms with Crippen LogP contribution in [0.1, 0.15) is 31.9 Å². The smallest absolute Gasteiger partial charge is 0.264 e. The maximum absolute atomic E-state index is 13.0. The van der Waals surface area contributed by atoms with Gasteiger partial charge in [0.15, 0.2) is 0 Å². The van der Waals surface area contributed by atoms with E-state index in [1.54, 1.807) is 0 Å². The molecule has 1 aromatic heterocycles. The quantitative estimate of drug-likeness (QED) is 0.413. The third-order valence-corrected chi connectivity index (χ3v) is 7.57. The van der Waals surface area contributed by atoms with Crippen LogP contribution in [0.15, 0.2) is 47.8 Å². The van der Waals surface area contributed by atoms with E-state index in [0.29, 0.717) is 29.7 Å². The molecule has 7 heteroatoms. The van der Waals surface area contributed by atoms with Crippen LogP contribution in [0.25, 0.3) is 0 Å². The van der Waals surface area contributed by atoms with E-state index in [4.69, 9.17) is 27.9 Å². The molecule has 4 nitrogen and oxygen atoms in total. The second-order valence-corrected chi connectivity index (χ2v) is 9.85. The molecule has 1 saturated heterocycles. The Bertz CT molecular complexity index is 1110. The van der Waals surface area contributed by atoms with Crippen molar-refractivity contribution >= 4 is 40.4 Å². The van der Waals surface area contributed by atoms with Crippen molar-refractivity contribution in [2.75, 3.05) is 26.2 Å². The molecule has 0 N–H and O–H groups in total. The van der Waals surface area contributed by atoms with E-state index in [-0.39, 0.29) is 5.91 Å².